The molecule has 0 saturated carbocycles. The zero-order valence-corrected chi connectivity index (χ0v) is 17.4. The lowest BCUT2D eigenvalue weighted by atomic mass is 9.74. The molecule has 0 radical (unpaired) electrons. The average molecular weight is 432 g/mol. The lowest BCUT2D eigenvalue weighted by Crippen LogP contribution is -2.47. The molecule has 0 unspecified atom stereocenters. The Morgan fingerprint density at radius 1 is 1.06 bits per heavy atom. The highest BCUT2D eigenvalue weighted by Crippen LogP contribution is 2.35. The van der Waals surface area contributed by atoms with Crippen LogP contribution in [0.1, 0.15) is 35.7 Å². The molecule has 6 nitrogen and oxygen atoms in total. The highest BCUT2D eigenvalue weighted by molar-refractivity contribution is 5.96. The van der Waals surface area contributed by atoms with E-state index in [1.807, 2.05) is 31.2 Å². The molecule has 1 saturated heterocycles. The third-order valence-electron chi connectivity index (χ3n) is 5.44. The second kappa shape index (κ2) is 10.3. The average Bonchev–Trinajstić information content (AvgIpc) is 2.77. The van der Waals surface area contributed by atoms with Crippen LogP contribution in [0.2, 0.25) is 0 Å². The molecule has 3 rings (SSSR count). The van der Waals surface area contributed by atoms with E-state index in [4.69, 9.17) is 9.47 Å². The first-order valence-electron chi connectivity index (χ1n) is 10.2. The highest BCUT2D eigenvalue weighted by atomic mass is 19.1. The molecule has 0 aliphatic carbocycles. The molecule has 1 aliphatic heterocycles. The number of rotatable bonds is 8. The number of hydrogen-bond donors (Lipinski definition) is 2. The quantitative estimate of drug-likeness (QED) is 0.673. The molecule has 1 heterocycles. The molecule has 2 aromatic carbocycles. The predicted molar refractivity (Wildman–Crippen MR) is 111 cm³/mol. The number of carbonyl (C=O) groups is 2. The van der Waals surface area contributed by atoms with Crippen LogP contribution >= 0.6 is 0 Å². The Kier molecular flexibility index (Phi) is 7.57. The summed E-state index contributed by atoms with van der Waals surface area (Å²) in [5.41, 5.74) is 0.479. The van der Waals surface area contributed by atoms with Crippen LogP contribution in [0.15, 0.2) is 42.5 Å². The summed E-state index contributed by atoms with van der Waals surface area (Å²) >= 11 is 0. The molecule has 31 heavy (non-hydrogen) atoms. The van der Waals surface area contributed by atoms with Gasteiger partial charge in [0.1, 0.15) is 17.4 Å². The van der Waals surface area contributed by atoms with Crippen molar-refractivity contribution in [2.45, 2.75) is 25.2 Å². The van der Waals surface area contributed by atoms with E-state index in [1.54, 1.807) is 0 Å². The summed E-state index contributed by atoms with van der Waals surface area (Å²) in [7, 11) is 0. The summed E-state index contributed by atoms with van der Waals surface area (Å²) in [6.45, 7) is 3.75. The number of nitrogens with one attached hydrogen (secondary N) is 2. The lowest BCUT2D eigenvalue weighted by Gasteiger charge is -2.38. The smallest absolute Gasteiger partial charge is 0.254 e. The topological polar surface area (TPSA) is 76.7 Å². The van der Waals surface area contributed by atoms with Gasteiger partial charge in [0.2, 0.25) is 5.91 Å². The molecule has 166 valence electrons. The molecular weight excluding hydrogens is 406 g/mol. The van der Waals surface area contributed by atoms with Crippen molar-refractivity contribution in [3.63, 3.8) is 0 Å². The van der Waals surface area contributed by atoms with Gasteiger partial charge in [-0.2, -0.15) is 0 Å². The fourth-order valence-electron chi connectivity index (χ4n) is 3.66. The van der Waals surface area contributed by atoms with Crippen molar-refractivity contribution in [1.82, 2.24) is 10.6 Å². The van der Waals surface area contributed by atoms with Crippen LogP contribution in [-0.2, 0) is 14.9 Å². The van der Waals surface area contributed by atoms with Crippen molar-refractivity contribution in [3.8, 4) is 5.75 Å². The van der Waals surface area contributed by atoms with Crippen LogP contribution in [-0.4, -0.2) is 44.7 Å². The van der Waals surface area contributed by atoms with E-state index in [9.17, 15) is 18.4 Å². The van der Waals surface area contributed by atoms with Gasteiger partial charge in [-0.1, -0.05) is 12.1 Å². The molecule has 0 bridgehead atoms. The van der Waals surface area contributed by atoms with Crippen molar-refractivity contribution in [1.29, 1.82) is 0 Å². The largest absolute Gasteiger partial charge is 0.494 e. The van der Waals surface area contributed by atoms with Crippen molar-refractivity contribution >= 4 is 11.8 Å². The van der Waals surface area contributed by atoms with Gasteiger partial charge in [0.25, 0.3) is 5.91 Å². The van der Waals surface area contributed by atoms with Gasteiger partial charge in [0.15, 0.2) is 0 Å². The van der Waals surface area contributed by atoms with Crippen molar-refractivity contribution in [2.24, 2.45) is 0 Å². The molecule has 1 fully saturated rings. The van der Waals surface area contributed by atoms with Gasteiger partial charge in [-0.15, -0.1) is 0 Å². The standard InChI is InChI=1S/C23H26F2N2O4/c1-2-31-18-6-3-16(4-7-18)23(9-11-30-12-10-23)15-27-21(28)14-26-22(29)19-8-5-17(24)13-20(19)25/h3-8,13H,2,9-12,14-15H2,1H3,(H,26,29)(H,27,28). The summed E-state index contributed by atoms with van der Waals surface area (Å²) < 4.78 is 37.7. The summed E-state index contributed by atoms with van der Waals surface area (Å²) in [6, 6.07) is 10.5. The highest BCUT2D eigenvalue weighted by Gasteiger charge is 2.35. The lowest BCUT2D eigenvalue weighted by molar-refractivity contribution is -0.120. The maximum absolute atomic E-state index is 13.7. The predicted octanol–water partition coefficient (Wildman–Crippen LogP) is 2.96. The van der Waals surface area contributed by atoms with Gasteiger partial charge in [0, 0.05) is 31.2 Å². The Bertz CT molecular complexity index is 912. The minimum atomic E-state index is -0.977. The monoisotopic (exact) mass is 432 g/mol. The number of benzene rings is 2. The molecular formula is C23H26F2N2O4. The molecule has 0 spiro atoms. The van der Waals surface area contributed by atoms with Gasteiger partial charge < -0.3 is 20.1 Å². The molecule has 8 heteroatoms. The number of hydrogen-bond acceptors (Lipinski definition) is 4. The second-order valence-electron chi connectivity index (χ2n) is 7.43. The maximum atomic E-state index is 13.7. The van der Waals surface area contributed by atoms with Crippen molar-refractivity contribution < 1.29 is 27.8 Å². The van der Waals surface area contributed by atoms with Crippen LogP contribution < -0.4 is 15.4 Å². The van der Waals surface area contributed by atoms with Crippen LogP contribution in [0.5, 0.6) is 5.75 Å². The zero-order valence-electron chi connectivity index (χ0n) is 17.4. The zero-order chi connectivity index (χ0) is 22.3. The molecule has 1 aliphatic rings. The van der Waals surface area contributed by atoms with Crippen LogP contribution in [0, 0.1) is 11.6 Å². The van der Waals surface area contributed by atoms with Crippen LogP contribution in [0.3, 0.4) is 0 Å². The van der Waals surface area contributed by atoms with E-state index in [-0.39, 0.29) is 17.5 Å². The number of amides is 2. The van der Waals surface area contributed by atoms with E-state index >= 15 is 0 Å². The summed E-state index contributed by atoms with van der Waals surface area (Å²) in [6.07, 6.45) is 1.49. The second-order valence-corrected chi connectivity index (χ2v) is 7.43. The number of halogens is 2. The Morgan fingerprint density at radius 3 is 2.42 bits per heavy atom. The molecule has 2 aromatic rings. The number of carbonyl (C=O) groups excluding carboxylic acids is 2. The fourth-order valence-corrected chi connectivity index (χ4v) is 3.66. The summed E-state index contributed by atoms with van der Waals surface area (Å²) in [5.74, 6) is -2.14. The summed E-state index contributed by atoms with van der Waals surface area (Å²) in [5, 5.41) is 5.23. The number of ether oxygens (including phenoxy) is 2. The Morgan fingerprint density at radius 2 is 1.77 bits per heavy atom. The van der Waals surface area contributed by atoms with Crippen LogP contribution in [0.4, 0.5) is 8.78 Å². The van der Waals surface area contributed by atoms with Gasteiger partial charge in [-0.3, -0.25) is 9.59 Å². The van der Waals surface area contributed by atoms with E-state index in [1.165, 1.54) is 0 Å². The minimum Gasteiger partial charge on any atom is -0.494 e. The molecule has 2 amide bonds. The molecule has 0 aromatic heterocycles. The Hall–Kier alpha value is -3.00. The first kappa shape index (κ1) is 22.7. The van der Waals surface area contributed by atoms with Crippen molar-refractivity contribution in [3.05, 3.63) is 65.2 Å². The Balaban J connectivity index is 1.59. The third kappa shape index (κ3) is 5.79. The minimum absolute atomic E-state index is 0.286. The van der Waals surface area contributed by atoms with Gasteiger partial charge >= 0.3 is 0 Å². The summed E-state index contributed by atoms with van der Waals surface area (Å²) in [4.78, 5) is 24.4. The van der Waals surface area contributed by atoms with Gasteiger partial charge in [-0.05, 0) is 49.6 Å². The first-order valence-corrected chi connectivity index (χ1v) is 10.2. The first-order chi connectivity index (χ1) is 14.9. The van der Waals surface area contributed by atoms with Crippen LogP contribution in [0.25, 0.3) is 0 Å². The van der Waals surface area contributed by atoms with E-state index < -0.39 is 23.4 Å². The van der Waals surface area contributed by atoms with Gasteiger partial charge in [-0.25, -0.2) is 8.78 Å². The molecule has 0 atom stereocenters. The Labute approximate surface area is 179 Å². The maximum Gasteiger partial charge on any atom is 0.254 e. The fraction of sp³-hybridized carbons (Fsp3) is 0.391. The van der Waals surface area contributed by atoms with Crippen molar-refractivity contribution in [2.75, 3.05) is 32.9 Å². The van der Waals surface area contributed by atoms with Gasteiger partial charge in [0.05, 0.1) is 18.7 Å². The normalized spacial score (nSPS) is 15.2. The molecule has 2 N–H and O–H groups in total. The van der Waals surface area contributed by atoms with E-state index in [2.05, 4.69) is 10.6 Å². The third-order valence-corrected chi connectivity index (χ3v) is 5.44. The van der Waals surface area contributed by atoms with E-state index in [0.29, 0.717) is 32.4 Å². The van der Waals surface area contributed by atoms with E-state index in [0.717, 1.165) is 36.3 Å². The SMILES string of the molecule is CCOc1ccc(C2(CNC(=O)CNC(=O)c3ccc(F)cc3F)CCOCC2)cc1.